The molecule has 16 heavy (non-hydrogen) atoms. The van der Waals surface area contributed by atoms with Crippen molar-refractivity contribution in [2.45, 2.75) is 13.3 Å². The average Bonchev–Trinajstić information content (AvgIpc) is 2.66. The van der Waals surface area contributed by atoms with Gasteiger partial charge in [0.15, 0.2) is 0 Å². The number of nitrogens with zero attached hydrogens (tertiary/aromatic N) is 3. The molecular formula is C10H16ClN3OS. The molecule has 90 valence electrons. The van der Waals surface area contributed by atoms with E-state index in [-0.39, 0.29) is 12.4 Å². The Hall–Kier alpha value is -0.650. The zero-order valence-corrected chi connectivity index (χ0v) is 11.1. The number of hydrogen-bond donors (Lipinski definition) is 0. The minimum Gasteiger partial charge on any atom is -0.476 e. The van der Waals surface area contributed by atoms with E-state index in [4.69, 9.17) is 4.74 Å². The van der Waals surface area contributed by atoms with Crippen LogP contribution in [0.5, 0.6) is 5.88 Å². The summed E-state index contributed by atoms with van der Waals surface area (Å²) in [6, 6.07) is 0. The lowest BCUT2D eigenvalue weighted by atomic mass is 10.1. The van der Waals surface area contributed by atoms with E-state index in [0.717, 1.165) is 25.2 Å². The van der Waals surface area contributed by atoms with Gasteiger partial charge in [0.05, 0.1) is 18.3 Å². The summed E-state index contributed by atoms with van der Waals surface area (Å²) >= 11 is 1.22. The first kappa shape index (κ1) is 13.4. The summed E-state index contributed by atoms with van der Waals surface area (Å²) in [6.07, 6.45) is 3.31. The molecule has 0 radical (unpaired) electrons. The van der Waals surface area contributed by atoms with Gasteiger partial charge in [-0.1, -0.05) is 6.08 Å². The van der Waals surface area contributed by atoms with Crippen molar-refractivity contribution in [1.82, 2.24) is 13.6 Å². The third-order valence-electron chi connectivity index (χ3n) is 2.39. The van der Waals surface area contributed by atoms with Crippen molar-refractivity contribution in [2.24, 2.45) is 0 Å². The first-order valence-corrected chi connectivity index (χ1v) is 5.87. The molecule has 0 aromatic carbocycles. The topological polar surface area (TPSA) is 38.3 Å². The van der Waals surface area contributed by atoms with Gasteiger partial charge in [0.25, 0.3) is 5.88 Å². The van der Waals surface area contributed by atoms with Crippen molar-refractivity contribution in [3.05, 3.63) is 11.8 Å². The Bertz CT molecular complexity index is 367. The number of halogens is 1. The molecule has 4 nitrogen and oxygen atoms in total. The Morgan fingerprint density at radius 3 is 3.00 bits per heavy atom. The van der Waals surface area contributed by atoms with Gasteiger partial charge < -0.3 is 9.64 Å². The highest BCUT2D eigenvalue weighted by Crippen LogP contribution is 2.26. The van der Waals surface area contributed by atoms with Crippen molar-refractivity contribution in [3.8, 4) is 5.88 Å². The van der Waals surface area contributed by atoms with Gasteiger partial charge in [-0.2, -0.15) is 4.37 Å². The van der Waals surface area contributed by atoms with Crippen LogP contribution < -0.4 is 4.74 Å². The molecule has 1 aromatic heterocycles. The molecule has 0 bridgehead atoms. The van der Waals surface area contributed by atoms with E-state index in [1.165, 1.54) is 17.3 Å². The fraction of sp³-hybridized carbons (Fsp3) is 0.600. The zero-order valence-electron chi connectivity index (χ0n) is 9.47. The molecule has 1 aliphatic heterocycles. The predicted molar refractivity (Wildman–Crippen MR) is 68.4 cm³/mol. The second-order valence-electron chi connectivity index (χ2n) is 3.61. The Balaban J connectivity index is 0.00000128. The van der Waals surface area contributed by atoms with Crippen LogP contribution in [-0.4, -0.2) is 40.4 Å². The van der Waals surface area contributed by atoms with Gasteiger partial charge in [0.2, 0.25) is 0 Å². The minimum absolute atomic E-state index is 0. The van der Waals surface area contributed by atoms with Gasteiger partial charge >= 0.3 is 0 Å². The molecule has 0 atom stereocenters. The summed E-state index contributed by atoms with van der Waals surface area (Å²) in [5.41, 5.74) is 2.16. The highest BCUT2D eigenvalue weighted by Gasteiger charge is 2.17. The summed E-state index contributed by atoms with van der Waals surface area (Å²) in [6.45, 7) is 4.66. The Morgan fingerprint density at radius 1 is 1.50 bits per heavy atom. The van der Waals surface area contributed by atoms with E-state index in [0.29, 0.717) is 12.5 Å². The highest BCUT2D eigenvalue weighted by molar-refractivity contribution is 6.99. The lowest BCUT2D eigenvalue weighted by Gasteiger charge is -2.21. The highest BCUT2D eigenvalue weighted by atomic mass is 35.5. The van der Waals surface area contributed by atoms with Crippen LogP contribution >= 0.6 is 24.1 Å². The first-order valence-electron chi connectivity index (χ1n) is 5.14. The average molecular weight is 262 g/mol. The fourth-order valence-corrected chi connectivity index (χ4v) is 2.20. The molecule has 1 aromatic rings. The van der Waals surface area contributed by atoms with Crippen molar-refractivity contribution in [3.63, 3.8) is 0 Å². The number of ether oxygens (including phenoxy) is 1. The lowest BCUT2D eigenvalue weighted by molar-refractivity contribution is 0.327. The Kier molecular flexibility index (Phi) is 5.18. The molecular weight excluding hydrogens is 246 g/mol. The third kappa shape index (κ3) is 2.93. The summed E-state index contributed by atoms with van der Waals surface area (Å²) in [5.74, 6) is 0.684. The molecule has 0 aliphatic carbocycles. The van der Waals surface area contributed by atoms with E-state index >= 15 is 0 Å². The maximum absolute atomic E-state index is 5.44. The van der Waals surface area contributed by atoms with Gasteiger partial charge in [0.1, 0.15) is 5.69 Å². The maximum Gasteiger partial charge on any atom is 0.253 e. The quantitative estimate of drug-likeness (QED) is 0.835. The van der Waals surface area contributed by atoms with Gasteiger partial charge in [-0.3, -0.25) is 0 Å². The van der Waals surface area contributed by atoms with Gasteiger partial charge in [-0.05, 0) is 26.0 Å². The largest absolute Gasteiger partial charge is 0.476 e. The number of rotatable bonds is 3. The molecule has 0 N–H and O–H groups in total. The molecule has 0 unspecified atom stereocenters. The molecule has 6 heteroatoms. The maximum atomic E-state index is 5.44. The van der Waals surface area contributed by atoms with Crippen LogP contribution in [0.25, 0.3) is 5.57 Å². The SMILES string of the molecule is CCOc1nsnc1C1=CCCN(C)C1.Cl. The molecule has 0 amide bonds. The van der Waals surface area contributed by atoms with E-state index in [1.54, 1.807) is 0 Å². The summed E-state index contributed by atoms with van der Waals surface area (Å²) < 4.78 is 13.9. The third-order valence-corrected chi connectivity index (χ3v) is 2.90. The first-order chi connectivity index (χ1) is 7.31. The Labute approximate surface area is 106 Å². The molecule has 1 aliphatic rings. The predicted octanol–water partition coefficient (Wildman–Crippen LogP) is 2.08. The van der Waals surface area contributed by atoms with Crippen molar-refractivity contribution in [1.29, 1.82) is 0 Å². The van der Waals surface area contributed by atoms with Gasteiger partial charge in [-0.15, -0.1) is 16.8 Å². The number of aromatic nitrogens is 2. The zero-order chi connectivity index (χ0) is 10.7. The van der Waals surface area contributed by atoms with Gasteiger partial charge in [0, 0.05) is 13.1 Å². The molecule has 0 saturated heterocycles. The number of hydrogen-bond acceptors (Lipinski definition) is 5. The molecule has 2 rings (SSSR count). The van der Waals surface area contributed by atoms with Crippen LogP contribution in [0.4, 0.5) is 0 Å². The molecule has 0 fully saturated rings. The molecule has 0 saturated carbocycles. The van der Waals surface area contributed by atoms with Crippen LogP contribution in [0, 0.1) is 0 Å². The van der Waals surface area contributed by atoms with E-state index in [2.05, 4.69) is 26.8 Å². The van der Waals surface area contributed by atoms with Crippen LogP contribution in [0.1, 0.15) is 19.0 Å². The smallest absolute Gasteiger partial charge is 0.253 e. The van der Waals surface area contributed by atoms with Crippen molar-refractivity contribution >= 4 is 29.7 Å². The van der Waals surface area contributed by atoms with E-state index in [1.807, 2.05) is 6.92 Å². The van der Waals surface area contributed by atoms with Gasteiger partial charge in [-0.25, -0.2) is 0 Å². The van der Waals surface area contributed by atoms with Crippen LogP contribution in [0.2, 0.25) is 0 Å². The van der Waals surface area contributed by atoms with Crippen LogP contribution in [-0.2, 0) is 0 Å². The summed E-state index contributed by atoms with van der Waals surface area (Å²) in [7, 11) is 2.12. The van der Waals surface area contributed by atoms with Crippen LogP contribution in [0.3, 0.4) is 0 Å². The fourth-order valence-electron chi connectivity index (χ4n) is 1.67. The standard InChI is InChI=1S/C10H15N3OS.ClH/c1-3-14-10-9(11-15-12-10)8-5-4-6-13(2)7-8;/h5H,3-4,6-7H2,1-2H3;1H. The van der Waals surface area contributed by atoms with Crippen molar-refractivity contribution in [2.75, 3.05) is 26.7 Å². The summed E-state index contributed by atoms with van der Waals surface area (Å²) in [5, 5.41) is 0. The molecule has 2 heterocycles. The van der Waals surface area contributed by atoms with Crippen LogP contribution in [0.15, 0.2) is 6.08 Å². The second-order valence-corrected chi connectivity index (χ2v) is 4.14. The second kappa shape index (κ2) is 6.18. The lowest BCUT2D eigenvalue weighted by Crippen LogP contribution is -2.25. The molecule has 0 spiro atoms. The Morgan fingerprint density at radius 2 is 2.31 bits per heavy atom. The monoisotopic (exact) mass is 261 g/mol. The normalized spacial score (nSPS) is 16.5. The minimum atomic E-state index is 0. The number of likely N-dealkylation sites (N-methyl/N-ethyl adjacent to an activating group) is 1. The van der Waals surface area contributed by atoms with Crippen molar-refractivity contribution < 1.29 is 4.74 Å². The summed E-state index contributed by atoms with van der Waals surface area (Å²) in [4.78, 5) is 2.28. The van der Waals surface area contributed by atoms with E-state index in [9.17, 15) is 0 Å². The van der Waals surface area contributed by atoms with E-state index < -0.39 is 0 Å².